The number of hydrogen-bond donors (Lipinski definition) is 1. The monoisotopic (exact) mass is 480 g/mol. The number of nitrogens with zero attached hydrogens (tertiary/aromatic N) is 5. The number of rotatable bonds is 9. The number of ether oxygens (including phenoxy) is 1. The van der Waals surface area contributed by atoms with Gasteiger partial charge in [0.15, 0.2) is 5.82 Å². The zero-order chi connectivity index (χ0) is 25.3. The molecule has 4 rings (SSSR count). The minimum absolute atomic E-state index is 0.0455. The number of aryl methyl sites for hydroxylation is 2. The Balaban J connectivity index is 1.78. The van der Waals surface area contributed by atoms with Gasteiger partial charge in [0, 0.05) is 36.2 Å². The minimum atomic E-state index is -0.211. The summed E-state index contributed by atoms with van der Waals surface area (Å²) in [7, 11) is 0. The van der Waals surface area contributed by atoms with Gasteiger partial charge in [-0.2, -0.15) is 0 Å². The average molecular weight is 481 g/mol. The van der Waals surface area contributed by atoms with Crippen LogP contribution in [-0.2, 0) is 16.8 Å². The number of fused-ring (bicyclic) bond motifs is 1. The summed E-state index contributed by atoms with van der Waals surface area (Å²) in [6.45, 7) is 17.0. The summed E-state index contributed by atoms with van der Waals surface area (Å²) in [5.74, 6) is 1.08. The lowest BCUT2D eigenvalue weighted by atomic mass is 9.96. The van der Waals surface area contributed by atoms with Crippen molar-refractivity contribution in [2.45, 2.75) is 92.0 Å². The number of aromatic nitrogens is 5. The molecule has 1 aromatic carbocycles. The standard InChI is InChI=1S/C27H40N6O2/c1-8-27(6,7)33-25(29-30-31-33)24(17(2)3)32(16-21-10-9-11-35-21)15-20-14-22-19(5)12-18(4)13-23(22)28-26(20)34/h12-14,17,21,24H,8-11,15-16H2,1-7H3,(H,28,34)/t21-,24-/m0/s1. The Hall–Kier alpha value is -2.58. The van der Waals surface area contributed by atoms with Crippen molar-refractivity contribution in [3.05, 3.63) is 51.1 Å². The van der Waals surface area contributed by atoms with E-state index in [9.17, 15) is 4.79 Å². The third-order valence-electron chi connectivity index (χ3n) is 7.45. The van der Waals surface area contributed by atoms with Gasteiger partial charge in [-0.3, -0.25) is 9.69 Å². The summed E-state index contributed by atoms with van der Waals surface area (Å²) >= 11 is 0. The van der Waals surface area contributed by atoms with Crippen LogP contribution in [0.2, 0.25) is 0 Å². The first kappa shape index (κ1) is 25.5. The molecule has 3 aromatic rings. The lowest BCUT2D eigenvalue weighted by Crippen LogP contribution is -2.41. The van der Waals surface area contributed by atoms with Crippen molar-refractivity contribution in [1.29, 1.82) is 0 Å². The number of pyridine rings is 1. The number of aromatic amines is 1. The summed E-state index contributed by atoms with van der Waals surface area (Å²) in [5, 5.41) is 14.1. The van der Waals surface area contributed by atoms with Gasteiger partial charge in [-0.25, -0.2) is 4.68 Å². The molecule has 0 bridgehead atoms. The maximum atomic E-state index is 13.2. The molecule has 0 radical (unpaired) electrons. The summed E-state index contributed by atoms with van der Waals surface area (Å²) in [6.07, 6.45) is 3.15. The maximum Gasteiger partial charge on any atom is 0.252 e. The fourth-order valence-electron chi connectivity index (χ4n) is 5.22. The predicted molar refractivity (Wildman–Crippen MR) is 138 cm³/mol. The summed E-state index contributed by atoms with van der Waals surface area (Å²) in [5.41, 5.74) is 3.69. The Morgan fingerprint density at radius 2 is 2.03 bits per heavy atom. The molecular weight excluding hydrogens is 440 g/mol. The molecule has 35 heavy (non-hydrogen) atoms. The quantitative estimate of drug-likeness (QED) is 0.479. The summed E-state index contributed by atoms with van der Waals surface area (Å²) in [6, 6.07) is 6.19. The van der Waals surface area contributed by atoms with Crippen LogP contribution >= 0.6 is 0 Å². The maximum absolute atomic E-state index is 13.2. The van der Waals surface area contributed by atoms with E-state index in [1.54, 1.807) is 0 Å². The van der Waals surface area contributed by atoms with Crippen molar-refractivity contribution in [1.82, 2.24) is 30.1 Å². The highest BCUT2D eigenvalue weighted by Crippen LogP contribution is 2.33. The molecule has 8 nitrogen and oxygen atoms in total. The zero-order valence-corrected chi connectivity index (χ0v) is 22.3. The molecule has 1 aliphatic heterocycles. The third-order valence-corrected chi connectivity index (χ3v) is 7.45. The van der Waals surface area contributed by atoms with Gasteiger partial charge < -0.3 is 9.72 Å². The van der Waals surface area contributed by atoms with Crippen LogP contribution in [0.4, 0.5) is 0 Å². The second-order valence-electron chi connectivity index (χ2n) is 11.0. The van der Waals surface area contributed by atoms with Crippen molar-refractivity contribution >= 4 is 10.9 Å². The van der Waals surface area contributed by atoms with E-state index >= 15 is 0 Å². The molecule has 1 fully saturated rings. The second kappa shape index (κ2) is 10.2. The second-order valence-corrected chi connectivity index (χ2v) is 11.0. The van der Waals surface area contributed by atoms with Crippen molar-refractivity contribution < 1.29 is 4.74 Å². The van der Waals surface area contributed by atoms with E-state index in [2.05, 4.69) is 86.0 Å². The molecule has 8 heteroatoms. The predicted octanol–water partition coefficient (Wildman–Crippen LogP) is 4.65. The molecule has 0 aliphatic carbocycles. The molecule has 0 unspecified atom stereocenters. The normalized spacial score (nSPS) is 17.7. The average Bonchev–Trinajstić information content (AvgIpc) is 3.47. The first-order valence-corrected chi connectivity index (χ1v) is 12.9. The SMILES string of the molecule is CCC(C)(C)n1nnnc1[C@H](C(C)C)N(Cc1cc2c(C)cc(C)cc2[nH]c1=O)C[C@@H]1CCCO1. The first-order chi connectivity index (χ1) is 16.6. The van der Waals surface area contributed by atoms with Crippen molar-refractivity contribution in [2.75, 3.05) is 13.2 Å². The van der Waals surface area contributed by atoms with Gasteiger partial charge >= 0.3 is 0 Å². The molecule has 2 atom stereocenters. The Bertz CT molecular complexity index is 1220. The largest absolute Gasteiger partial charge is 0.377 e. The molecule has 190 valence electrons. The lowest BCUT2D eigenvalue weighted by Gasteiger charge is -2.36. The molecule has 1 aliphatic rings. The van der Waals surface area contributed by atoms with Gasteiger partial charge in [0.2, 0.25) is 0 Å². The molecule has 2 aromatic heterocycles. The van der Waals surface area contributed by atoms with E-state index in [1.807, 2.05) is 10.7 Å². The molecular formula is C27H40N6O2. The minimum Gasteiger partial charge on any atom is -0.377 e. The number of benzene rings is 1. The van der Waals surface area contributed by atoms with Gasteiger partial charge in [-0.1, -0.05) is 26.8 Å². The number of H-pyrrole nitrogens is 1. The molecule has 0 spiro atoms. The van der Waals surface area contributed by atoms with Gasteiger partial charge in [-0.15, -0.1) is 5.10 Å². The smallest absolute Gasteiger partial charge is 0.252 e. The molecule has 0 saturated carbocycles. The van der Waals surface area contributed by atoms with Crippen molar-refractivity contribution in [3.63, 3.8) is 0 Å². The van der Waals surface area contributed by atoms with Gasteiger partial charge in [0.1, 0.15) is 0 Å². The van der Waals surface area contributed by atoms with Crippen LogP contribution in [0.5, 0.6) is 0 Å². The highest BCUT2D eigenvalue weighted by molar-refractivity contribution is 5.83. The zero-order valence-electron chi connectivity index (χ0n) is 22.3. The Morgan fingerprint density at radius 3 is 2.69 bits per heavy atom. The third kappa shape index (κ3) is 5.33. The van der Waals surface area contributed by atoms with Crippen LogP contribution in [0.15, 0.2) is 23.0 Å². The van der Waals surface area contributed by atoms with Gasteiger partial charge in [0.25, 0.3) is 5.56 Å². The van der Waals surface area contributed by atoms with Crippen molar-refractivity contribution in [3.8, 4) is 0 Å². The number of hydrogen-bond acceptors (Lipinski definition) is 6. The number of nitrogens with one attached hydrogen (secondary N) is 1. The van der Waals surface area contributed by atoms with Crippen LogP contribution < -0.4 is 5.56 Å². The molecule has 1 saturated heterocycles. The van der Waals surface area contributed by atoms with Crippen LogP contribution in [0.1, 0.15) is 82.4 Å². The molecule has 3 heterocycles. The van der Waals surface area contributed by atoms with Crippen LogP contribution in [-0.4, -0.2) is 49.3 Å². The van der Waals surface area contributed by atoms with E-state index in [1.165, 1.54) is 0 Å². The van der Waals surface area contributed by atoms with Crippen LogP contribution in [0.25, 0.3) is 10.9 Å². The highest BCUT2D eigenvalue weighted by Gasteiger charge is 2.35. The number of tetrazole rings is 1. The van der Waals surface area contributed by atoms with Crippen LogP contribution in [0.3, 0.4) is 0 Å². The Kier molecular flexibility index (Phi) is 7.43. The Labute approximate surface area is 208 Å². The summed E-state index contributed by atoms with van der Waals surface area (Å²) < 4.78 is 8.00. The topological polar surface area (TPSA) is 88.9 Å². The van der Waals surface area contributed by atoms with Crippen LogP contribution in [0, 0.1) is 19.8 Å². The Morgan fingerprint density at radius 1 is 1.26 bits per heavy atom. The van der Waals surface area contributed by atoms with Gasteiger partial charge in [0.05, 0.1) is 17.7 Å². The van der Waals surface area contributed by atoms with E-state index in [-0.39, 0.29) is 29.2 Å². The first-order valence-electron chi connectivity index (χ1n) is 12.9. The van der Waals surface area contributed by atoms with E-state index in [4.69, 9.17) is 4.74 Å². The van der Waals surface area contributed by atoms with Gasteiger partial charge in [-0.05, 0) is 86.6 Å². The molecule has 0 amide bonds. The fourth-order valence-corrected chi connectivity index (χ4v) is 5.22. The van der Waals surface area contributed by atoms with Crippen molar-refractivity contribution in [2.24, 2.45) is 5.92 Å². The summed E-state index contributed by atoms with van der Waals surface area (Å²) in [4.78, 5) is 18.7. The lowest BCUT2D eigenvalue weighted by molar-refractivity contribution is 0.0368. The fraction of sp³-hybridized carbons (Fsp3) is 0.630. The van der Waals surface area contributed by atoms with E-state index < -0.39 is 0 Å². The molecule has 1 N–H and O–H groups in total. The van der Waals surface area contributed by atoms with E-state index in [0.29, 0.717) is 6.54 Å². The highest BCUT2D eigenvalue weighted by atomic mass is 16.5. The van der Waals surface area contributed by atoms with E-state index in [0.717, 1.165) is 65.8 Å².